The van der Waals surface area contributed by atoms with Gasteiger partial charge < -0.3 is 9.84 Å². The van der Waals surface area contributed by atoms with Crippen molar-refractivity contribution in [3.8, 4) is 5.75 Å². The van der Waals surface area contributed by atoms with Crippen LogP contribution < -0.4 is 4.74 Å². The van der Waals surface area contributed by atoms with E-state index >= 15 is 0 Å². The largest absolute Gasteiger partial charge is 0.490 e. The molecule has 0 atom stereocenters. The summed E-state index contributed by atoms with van der Waals surface area (Å²) in [4.78, 5) is 0. The molecule has 0 aliphatic heterocycles. The Morgan fingerprint density at radius 3 is 2.59 bits per heavy atom. The van der Waals surface area contributed by atoms with Crippen LogP contribution in [0.2, 0.25) is 0 Å². The summed E-state index contributed by atoms with van der Waals surface area (Å²) in [6, 6.07) is 8.06. The Balaban J connectivity index is 1.80. The Kier molecular flexibility index (Phi) is 2.83. The van der Waals surface area contributed by atoms with Crippen molar-refractivity contribution >= 4 is 0 Å². The van der Waals surface area contributed by atoms with E-state index in [0.29, 0.717) is 6.10 Å². The number of aliphatic hydroxyl groups is 1. The molecule has 2 fully saturated rings. The van der Waals surface area contributed by atoms with Gasteiger partial charge in [0, 0.05) is 0 Å². The van der Waals surface area contributed by atoms with Crippen molar-refractivity contribution < 1.29 is 9.84 Å². The molecular formula is C15H20O2. The van der Waals surface area contributed by atoms with Gasteiger partial charge in [-0.2, -0.15) is 0 Å². The molecule has 1 N–H and O–H groups in total. The lowest BCUT2D eigenvalue weighted by Crippen LogP contribution is -2.28. The normalized spacial score (nSPS) is 23.4. The minimum Gasteiger partial charge on any atom is -0.490 e. The van der Waals surface area contributed by atoms with Gasteiger partial charge in [0.1, 0.15) is 5.75 Å². The minimum atomic E-state index is -0.610. The van der Waals surface area contributed by atoms with E-state index in [1.54, 1.807) is 0 Å². The second-order valence-corrected chi connectivity index (χ2v) is 5.44. The molecule has 0 radical (unpaired) electrons. The molecule has 2 heteroatoms. The van der Waals surface area contributed by atoms with Gasteiger partial charge in [-0.05, 0) is 43.4 Å². The first kappa shape index (κ1) is 11.1. The molecule has 0 saturated heterocycles. The molecule has 2 saturated carbocycles. The van der Waals surface area contributed by atoms with E-state index in [1.807, 2.05) is 24.3 Å². The molecule has 17 heavy (non-hydrogen) atoms. The van der Waals surface area contributed by atoms with Crippen LogP contribution in [-0.4, -0.2) is 11.2 Å². The van der Waals surface area contributed by atoms with Gasteiger partial charge in [-0.1, -0.05) is 31.4 Å². The van der Waals surface area contributed by atoms with Gasteiger partial charge in [0.25, 0.3) is 0 Å². The van der Waals surface area contributed by atoms with Crippen LogP contribution in [0.1, 0.15) is 50.5 Å². The summed E-state index contributed by atoms with van der Waals surface area (Å²) in [5, 5.41) is 10.7. The van der Waals surface area contributed by atoms with Crippen LogP contribution in [0.5, 0.6) is 5.75 Å². The van der Waals surface area contributed by atoms with Crippen molar-refractivity contribution in [2.24, 2.45) is 0 Å². The molecule has 0 bridgehead atoms. The van der Waals surface area contributed by atoms with Gasteiger partial charge in [-0.15, -0.1) is 0 Å². The fourth-order valence-corrected chi connectivity index (χ4v) is 2.66. The second kappa shape index (κ2) is 4.34. The summed E-state index contributed by atoms with van der Waals surface area (Å²) in [7, 11) is 0. The van der Waals surface area contributed by atoms with E-state index in [4.69, 9.17) is 4.74 Å². The van der Waals surface area contributed by atoms with Crippen LogP contribution in [-0.2, 0) is 5.60 Å². The molecule has 2 nitrogen and oxygen atoms in total. The quantitative estimate of drug-likeness (QED) is 0.865. The second-order valence-electron chi connectivity index (χ2n) is 5.44. The topological polar surface area (TPSA) is 29.5 Å². The Morgan fingerprint density at radius 2 is 1.88 bits per heavy atom. The van der Waals surface area contributed by atoms with Gasteiger partial charge in [-0.25, -0.2) is 0 Å². The molecule has 2 aliphatic rings. The van der Waals surface area contributed by atoms with E-state index in [9.17, 15) is 5.11 Å². The highest BCUT2D eigenvalue weighted by atomic mass is 16.5. The molecule has 1 aromatic carbocycles. The lowest BCUT2D eigenvalue weighted by atomic mass is 9.80. The lowest BCUT2D eigenvalue weighted by molar-refractivity contribution is -0.000847. The molecule has 0 heterocycles. The van der Waals surface area contributed by atoms with Crippen molar-refractivity contribution in [2.45, 2.75) is 56.7 Å². The molecule has 3 rings (SSSR count). The van der Waals surface area contributed by atoms with E-state index in [-0.39, 0.29) is 0 Å². The first-order chi connectivity index (χ1) is 8.26. The molecule has 0 aromatic heterocycles. The summed E-state index contributed by atoms with van der Waals surface area (Å²) in [6.45, 7) is 0. The van der Waals surface area contributed by atoms with Gasteiger partial charge in [-0.3, -0.25) is 0 Å². The van der Waals surface area contributed by atoms with Crippen LogP contribution in [0, 0.1) is 0 Å². The van der Waals surface area contributed by atoms with Gasteiger partial charge in [0.05, 0.1) is 11.7 Å². The molecule has 0 spiro atoms. The number of ether oxygens (including phenoxy) is 1. The van der Waals surface area contributed by atoms with Crippen molar-refractivity contribution in [3.63, 3.8) is 0 Å². The Labute approximate surface area is 103 Å². The number of hydrogen-bond acceptors (Lipinski definition) is 2. The third kappa shape index (κ3) is 2.47. The Bertz CT molecular complexity index is 390. The Morgan fingerprint density at radius 1 is 1.12 bits per heavy atom. The average Bonchev–Trinajstić information content (AvgIpc) is 3.14. The zero-order valence-electron chi connectivity index (χ0n) is 10.2. The highest BCUT2D eigenvalue weighted by molar-refractivity contribution is 5.33. The first-order valence-corrected chi connectivity index (χ1v) is 6.76. The lowest BCUT2D eigenvalue weighted by Gasteiger charge is -2.32. The smallest absolute Gasteiger partial charge is 0.120 e. The van der Waals surface area contributed by atoms with Crippen molar-refractivity contribution in [2.75, 3.05) is 0 Å². The van der Waals surface area contributed by atoms with E-state index in [2.05, 4.69) is 0 Å². The zero-order valence-corrected chi connectivity index (χ0v) is 10.2. The van der Waals surface area contributed by atoms with Crippen LogP contribution in [0.4, 0.5) is 0 Å². The third-order valence-electron chi connectivity index (χ3n) is 3.88. The number of hydrogen-bond donors (Lipinski definition) is 1. The zero-order chi connectivity index (χ0) is 11.7. The van der Waals surface area contributed by atoms with Crippen LogP contribution >= 0.6 is 0 Å². The molecular weight excluding hydrogens is 212 g/mol. The maximum absolute atomic E-state index is 10.7. The fraction of sp³-hybridized carbons (Fsp3) is 0.600. The summed E-state index contributed by atoms with van der Waals surface area (Å²) in [5.41, 5.74) is 0.427. The highest BCUT2D eigenvalue weighted by Gasteiger charge is 2.31. The van der Waals surface area contributed by atoms with E-state index in [0.717, 1.165) is 37.0 Å². The van der Waals surface area contributed by atoms with Crippen LogP contribution in [0.15, 0.2) is 24.3 Å². The van der Waals surface area contributed by atoms with Crippen molar-refractivity contribution in [1.82, 2.24) is 0 Å². The molecule has 0 amide bonds. The van der Waals surface area contributed by atoms with Gasteiger partial charge in [0.15, 0.2) is 0 Å². The predicted octanol–water partition coefficient (Wildman–Crippen LogP) is 3.38. The number of rotatable bonds is 3. The standard InChI is InChI=1S/C15H20O2/c16-15(9-2-1-3-10-15)12-5-4-6-14(11-12)17-13-7-8-13/h4-6,11,13,16H,1-3,7-10H2. The summed E-state index contributed by atoms with van der Waals surface area (Å²) >= 11 is 0. The number of benzene rings is 1. The van der Waals surface area contributed by atoms with Gasteiger partial charge >= 0.3 is 0 Å². The maximum Gasteiger partial charge on any atom is 0.120 e. The fourth-order valence-electron chi connectivity index (χ4n) is 2.66. The average molecular weight is 232 g/mol. The predicted molar refractivity (Wildman–Crippen MR) is 67.1 cm³/mol. The van der Waals surface area contributed by atoms with E-state index in [1.165, 1.54) is 19.3 Å². The molecule has 92 valence electrons. The summed E-state index contributed by atoms with van der Waals surface area (Å²) in [6.07, 6.45) is 8.06. The SMILES string of the molecule is OC1(c2cccc(OC3CC3)c2)CCCCC1. The monoisotopic (exact) mass is 232 g/mol. The summed E-state index contributed by atoms with van der Waals surface area (Å²) < 4.78 is 5.79. The molecule has 0 unspecified atom stereocenters. The van der Waals surface area contributed by atoms with Crippen molar-refractivity contribution in [3.05, 3.63) is 29.8 Å². The highest BCUT2D eigenvalue weighted by Crippen LogP contribution is 2.38. The van der Waals surface area contributed by atoms with Crippen LogP contribution in [0.25, 0.3) is 0 Å². The van der Waals surface area contributed by atoms with Gasteiger partial charge in [0.2, 0.25) is 0 Å². The Hall–Kier alpha value is -1.02. The van der Waals surface area contributed by atoms with E-state index < -0.39 is 5.60 Å². The first-order valence-electron chi connectivity index (χ1n) is 6.76. The minimum absolute atomic E-state index is 0.422. The van der Waals surface area contributed by atoms with Crippen molar-refractivity contribution in [1.29, 1.82) is 0 Å². The third-order valence-corrected chi connectivity index (χ3v) is 3.88. The maximum atomic E-state index is 10.7. The summed E-state index contributed by atoms with van der Waals surface area (Å²) in [5.74, 6) is 0.920. The molecule has 2 aliphatic carbocycles. The van der Waals surface area contributed by atoms with Crippen LogP contribution in [0.3, 0.4) is 0 Å². The molecule has 1 aromatic rings.